The van der Waals surface area contributed by atoms with Crippen molar-refractivity contribution >= 4 is 27.3 Å². The second-order valence-electron chi connectivity index (χ2n) is 7.34. The molecule has 0 N–H and O–H groups in total. The van der Waals surface area contributed by atoms with E-state index < -0.39 is 10.0 Å². The monoisotopic (exact) mass is 419 g/mol. The molecule has 3 heterocycles. The molecule has 0 unspecified atom stereocenters. The number of hydrogen-bond donors (Lipinski definition) is 0. The van der Waals surface area contributed by atoms with Gasteiger partial charge >= 0.3 is 0 Å². The van der Waals surface area contributed by atoms with Gasteiger partial charge in [-0.3, -0.25) is 9.69 Å². The van der Waals surface area contributed by atoms with E-state index in [2.05, 4.69) is 21.7 Å². The first kappa shape index (κ1) is 19.6. The molecule has 1 aromatic heterocycles. The predicted octanol–water partition coefficient (Wildman–Crippen LogP) is 2.49. The highest BCUT2D eigenvalue weighted by Gasteiger charge is 2.28. The van der Waals surface area contributed by atoms with E-state index in [0.29, 0.717) is 31.7 Å². The van der Waals surface area contributed by atoms with Gasteiger partial charge in [-0.1, -0.05) is 6.07 Å². The summed E-state index contributed by atoms with van der Waals surface area (Å²) in [6, 6.07) is 8.64. The van der Waals surface area contributed by atoms with Crippen LogP contribution in [0.1, 0.15) is 28.8 Å². The first-order chi connectivity index (χ1) is 13.5. The van der Waals surface area contributed by atoms with E-state index in [-0.39, 0.29) is 10.8 Å². The summed E-state index contributed by atoms with van der Waals surface area (Å²) in [6.07, 6.45) is 1.79. The molecular weight excluding hydrogens is 394 g/mol. The lowest BCUT2D eigenvalue weighted by Crippen LogP contribution is -2.48. The van der Waals surface area contributed by atoms with Gasteiger partial charge in [0.1, 0.15) is 0 Å². The van der Waals surface area contributed by atoms with E-state index in [0.717, 1.165) is 32.5 Å². The normalized spacial score (nSPS) is 19.2. The van der Waals surface area contributed by atoms with Gasteiger partial charge in [-0.05, 0) is 53.4 Å². The summed E-state index contributed by atoms with van der Waals surface area (Å²) < 4.78 is 27.1. The molecule has 6 nitrogen and oxygen atoms in total. The molecule has 0 saturated carbocycles. The maximum atomic E-state index is 12.9. The number of amides is 1. The van der Waals surface area contributed by atoms with Crippen LogP contribution in [-0.4, -0.2) is 67.7 Å². The van der Waals surface area contributed by atoms with Crippen LogP contribution in [0.25, 0.3) is 0 Å². The Morgan fingerprint density at radius 2 is 1.75 bits per heavy atom. The molecule has 0 bridgehead atoms. The van der Waals surface area contributed by atoms with Crippen LogP contribution in [0.15, 0.2) is 46.0 Å². The Balaban J connectivity index is 1.41. The summed E-state index contributed by atoms with van der Waals surface area (Å²) in [4.78, 5) is 17.3. The number of sulfonamides is 1. The first-order valence-electron chi connectivity index (χ1n) is 9.67. The number of nitrogens with zero attached hydrogens (tertiary/aromatic N) is 3. The zero-order valence-electron chi connectivity index (χ0n) is 15.8. The summed E-state index contributed by atoms with van der Waals surface area (Å²) >= 11 is 1.70. The number of thiophene rings is 1. The third-order valence-corrected chi connectivity index (χ3v) is 8.06. The maximum absolute atomic E-state index is 12.9. The van der Waals surface area contributed by atoms with Gasteiger partial charge in [-0.25, -0.2) is 8.42 Å². The number of carbonyl (C=O) groups is 1. The van der Waals surface area contributed by atoms with E-state index in [4.69, 9.17) is 0 Å². The molecule has 28 heavy (non-hydrogen) atoms. The van der Waals surface area contributed by atoms with E-state index in [9.17, 15) is 13.2 Å². The number of carbonyl (C=O) groups excluding carboxylic acids is 1. The van der Waals surface area contributed by atoms with Gasteiger partial charge in [-0.2, -0.15) is 15.6 Å². The lowest BCUT2D eigenvalue weighted by molar-refractivity contribution is 0.0628. The van der Waals surface area contributed by atoms with Crippen LogP contribution >= 0.6 is 11.3 Å². The summed E-state index contributed by atoms with van der Waals surface area (Å²) in [7, 11) is -3.51. The van der Waals surface area contributed by atoms with Crippen LogP contribution in [-0.2, 0) is 16.6 Å². The maximum Gasteiger partial charge on any atom is 0.253 e. The van der Waals surface area contributed by atoms with Gasteiger partial charge in [0.25, 0.3) is 5.91 Å². The van der Waals surface area contributed by atoms with Crippen molar-refractivity contribution in [2.24, 2.45) is 0 Å². The summed E-state index contributed by atoms with van der Waals surface area (Å²) in [5.74, 6) is -0.0892. The summed E-state index contributed by atoms with van der Waals surface area (Å²) in [5.41, 5.74) is 1.76. The highest BCUT2D eigenvalue weighted by Crippen LogP contribution is 2.22. The van der Waals surface area contributed by atoms with Crippen LogP contribution in [0.4, 0.5) is 0 Å². The average Bonchev–Trinajstić information content (AvgIpc) is 3.43. The topological polar surface area (TPSA) is 60.9 Å². The Labute approximate surface area is 170 Å². The van der Waals surface area contributed by atoms with Crippen molar-refractivity contribution < 1.29 is 13.2 Å². The van der Waals surface area contributed by atoms with E-state index in [1.165, 1.54) is 15.9 Å². The van der Waals surface area contributed by atoms with Crippen molar-refractivity contribution in [2.45, 2.75) is 24.3 Å². The Bertz CT molecular complexity index is 914. The molecule has 0 atom stereocenters. The number of hydrogen-bond acceptors (Lipinski definition) is 5. The Kier molecular flexibility index (Phi) is 5.82. The highest BCUT2D eigenvalue weighted by atomic mass is 32.2. The Morgan fingerprint density at radius 1 is 1.00 bits per heavy atom. The van der Waals surface area contributed by atoms with Crippen molar-refractivity contribution in [1.29, 1.82) is 0 Å². The molecule has 1 amide bonds. The van der Waals surface area contributed by atoms with E-state index in [1.807, 2.05) is 4.90 Å². The minimum Gasteiger partial charge on any atom is -0.336 e. The molecule has 0 radical (unpaired) electrons. The molecule has 150 valence electrons. The lowest BCUT2D eigenvalue weighted by Gasteiger charge is -2.34. The van der Waals surface area contributed by atoms with Crippen LogP contribution in [0.2, 0.25) is 0 Å². The minimum atomic E-state index is -3.51. The highest BCUT2D eigenvalue weighted by molar-refractivity contribution is 7.89. The Hall–Kier alpha value is -1.74. The standard InChI is InChI=1S/C20H25N3O3S2/c24-20(22-11-9-21(10-12-22)15-17-6-13-27-16-17)18-4-3-5-19(14-18)28(25,26)23-7-1-2-8-23/h3-6,13-14,16H,1-2,7-12,15H2. The Morgan fingerprint density at radius 3 is 2.43 bits per heavy atom. The van der Waals surface area contributed by atoms with Gasteiger partial charge < -0.3 is 4.90 Å². The molecule has 8 heteroatoms. The molecule has 4 rings (SSSR count). The molecule has 0 aliphatic carbocycles. The fraction of sp³-hybridized carbons (Fsp3) is 0.450. The zero-order chi connectivity index (χ0) is 19.6. The average molecular weight is 420 g/mol. The summed E-state index contributed by atoms with van der Waals surface area (Å²) in [6.45, 7) is 5.01. The van der Waals surface area contributed by atoms with Crippen LogP contribution < -0.4 is 0 Å². The lowest BCUT2D eigenvalue weighted by atomic mass is 10.1. The van der Waals surface area contributed by atoms with Crippen molar-refractivity contribution in [3.8, 4) is 0 Å². The molecule has 2 fully saturated rings. The third kappa shape index (κ3) is 4.15. The van der Waals surface area contributed by atoms with Gasteiger partial charge in [0.2, 0.25) is 10.0 Å². The quantitative estimate of drug-likeness (QED) is 0.747. The molecular formula is C20H25N3O3S2. The van der Waals surface area contributed by atoms with Crippen molar-refractivity contribution in [3.05, 3.63) is 52.2 Å². The number of rotatable bonds is 5. The molecule has 2 aromatic rings. The molecule has 0 spiro atoms. The molecule has 2 aliphatic heterocycles. The zero-order valence-corrected chi connectivity index (χ0v) is 17.4. The molecule has 2 aliphatic rings. The fourth-order valence-electron chi connectivity index (χ4n) is 3.80. The van der Waals surface area contributed by atoms with Gasteiger partial charge in [-0.15, -0.1) is 0 Å². The first-order valence-corrected chi connectivity index (χ1v) is 12.1. The molecule has 1 aromatic carbocycles. The van der Waals surface area contributed by atoms with Crippen LogP contribution in [0, 0.1) is 0 Å². The predicted molar refractivity (Wildman–Crippen MR) is 110 cm³/mol. The van der Waals surface area contributed by atoms with Crippen molar-refractivity contribution in [3.63, 3.8) is 0 Å². The number of piperazine rings is 1. The second-order valence-corrected chi connectivity index (χ2v) is 10.1. The molecule has 2 saturated heterocycles. The van der Waals surface area contributed by atoms with E-state index in [1.54, 1.807) is 29.5 Å². The largest absolute Gasteiger partial charge is 0.336 e. The second kappa shape index (κ2) is 8.32. The van der Waals surface area contributed by atoms with Gasteiger partial charge in [0, 0.05) is 51.4 Å². The van der Waals surface area contributed by atoms with Crippen molar-refractivity contribution in [1.82, 2.24) is 14.1 Å². The minimum absolute atomic E-state index is 0.0892. The fourth-order valence-corrected chi connectivity index (χ4v) is 6.02. The van der Waals surface area contributed by atoms with Crippen LogP contribution in [0.3, 0.4) is 0 Å². The van der Waals surface area contributed by atoms with Gasteiger partial charge in [0.05, 0.1) is 4.90 Å². The third-order valence-electron chi connectivity index (χ3n) is 5.43. The SMILES string of the molecule is O=C(c1cccc(S(=O)(=O)N2CCCC2)c1)N1CCN(Cc2ccsc2)CC1. The summed E-state index contributed by atoms with van der Waals surface area (Å²) in [5, 5.41) is 4.24. The van der Waals surface area contributed by atoms with Crippen molar-refractivity contribution in [2.75, 3.05) is 39.3 Å². The number of benzene rings is 1. The van der Waals surface area contributed by atoms with Crippen LogP contribution in [0.5, 0.6) is 0 Å². The smallest absolute Gasteiger partial charge is 0.253 e. The van der Waals surface area contributed by atoms with Gasteiger partial charge in [0.15, 0.2) is 0 Å². The van der Waals surface area contributed by atoms with E-state index >= 15 is 0 Å².